The number of aliphatic hydroxyl groups is 1. The first-order chi connectivity index (χ1) is 15.8. The fourth-order valence-electron chi connectivity index (χ4n) is 4.45. The highest BCUT2D eigenvalue weighted by Crippen LogP contribution is 2.32. The number of nitrogens with zero attached hydrogens (tertiary/aromatic N) is 2. The van der Waals surface area contributed by atoms with Crippen LogP contribution in [0.15, 0.2) is 42.5 Å². The van der Waals surface area contributed by atoms with E-state index in [2.05, 4.69) is 54.7 Å². The van der Waals surface area contributed by atoms with Gasteiger partial charge in [-0.05, 0) is 68.9 Å². The summed E-state index contributed by atoms with van der Waals surface area (Å²) in [7, 11) is 0. The van der Waals surface area contributed by atoms with Crippen molar-refractivity contribution in [2.45, 2.75) is 65.5 Å². The minimum atomic E-state index is -1.25. The largest absolute Gasteiger partial charge is 0.461 e. The van der Waals surface area contributed by atoms with Crippen LogP contribution in [0.1, 0.15) is 72.8 Å². The van der Waals surface area contributed by atoms with Crippen molar-refractivity contribution in [1.82, 2.24) is 9.55 Å². The second-order valence-corrected chi connectivity index (χ2v) is 9.11. The van der Waals surface area contributed by atoms with E-state index in [-0.39, 0.29) is 6.61 Å². The molecule has 0 bridgehead atoms. The van der Waals surface area contributed by atoms with Gasteiger partial charge in [0.15, 0.2) is 5.69 Å². The Morgan fingerprint density at radius 2 is 1.85 bits per heavy atom. The maximum Gasteiger partial charge on any atom is 0.357 e. The van der Waals surface area contributed by atoms with Crippen LogP contribution in [0.25, 0.3) is 0 Å². The summed E-state index contributed by atoms with van der Waals surface area (Å²) in [6.07, 6.45) is 3.52. The van der Waals surface area contributed by atoms with Crippen LogP contribution in [-0.4, -0.2) is 27.2 Å². The molecule has 0 fully saturated rings. The van der Waals surface area contributed by atoms with E-state index in [0.717, 1.165) is 42.0 Å². The number of aryl methyl sites for hydroxylation is 3. The lowest BCUT2D eigenvalue weighted by molar-refractivity contribution is 0.0469. The highest BCUT2D eigenvalue weighted by atomic mass is 16.5. The summed E-state index contributed by atoms with van der Waals surface area (Å²) in [6.45, 7) is 7.94. The Bertz CT molecular complexity index is 1160. The molecule has 1 aliphatic heterocycles. The Morgan fingerprint density at radius 3 is 2.58 bits per heavy atom. The average molecular weight is 448 g/mol. The molecule has 0 amide bonds. The molecule has 4 rings (SSSR count). The second kappa shape index (κ2) is 9.40. The van der Waals surface area contributed by atoms with Gasteiger partial charge >= 0.3 is 5.97 Å². The van der Waals surface area contributed by atoms with Gasteiger partial charge < -0.3 is 19.7 Å². The molecule has 0 unspecified atom stereocenters. The van der Waals surface area contributed by atoms with Gasteiger partial charge in [0.2, 0.25) is 0 Å². The Morgan fingerprint density at radius 1 is 1.12 bits per heavy atom. The van der Waals surface area contributed by atoms with Crippen LogP contribution in [0.5, 0.6) is 0 Å². The number of nitrogens with one attached hydrogen (secondary N) is 1. The summed E-state index contributed by atoms with van der Waals surface area (Å²) < 4.78 is 7.28. The minimum Gasteiger partial charge on any atom is -0.461 e. The fourth-order valence-corrected chi connectivity index (χ4v) is 4.45. The molecule has 174 valence electrons. The number of aromatic nitrogens is 2. The average Bonchev–Trinajstić information content (AvgIpc) is 3.02. The maximum absolute atomic E-state index is 12.9. The number of imidazole rings is 1. The summed E-state index contributed by atoms with van der Waals surface area (Å²) in [5, 5.41) is 14.3. The summed E-state index contributed by atoms with van der Waals surface area (Å²) in [6, 6.07) is 14.8. The maximum atomic E-state index is 12.9. The van der Waals surface area contributed by atoms with E-state index in [1.54, 1.807) is 20.8 Å². The molecular formula is C27H33N3O3. The highest BCUT2D eigenvalue weighted by Gasteiger charge is 2.32. The van der Waals surface area contributed by atoms with Gasteiger partial charge in [0.05, 0.1) is 6.61 Å². The molecule has 6 nitrogen and oxygen atoms in total. The third-order valence-corrected chi connectivity index (χ3v) is 6.03. The normalized spacial score (nSPS) is 13.0. The fraction of sp³-hybridized carbons (Fsp3) is 0.407. The Hall–Kier alpha value is -3.12. The topological polar surface area (TPSA) is 76.4 Å². The molecule has 2 aromatic carbocycles. The predicted molar refractivity (Wildman–Crippen MR) is 130 cm³/mol. The van der Waals surface area contributed by atoms with Crippen molar-refractivity contribution in [3.63, 3.8) is 0 Å². The number of benzene rings is 2. The molecule has 0 saturated carbocycles. The molecule has 2 N–H and O–H groups in total. The number of esters is 1. The molecule has 0 spiro atoms. The van der Waals surface area contributed by atoms with Crippen LogP contribution in [0.3, 0.4) is 0 Å². The van der Waals surface area contributed by atoms with E-state index in [1.807, 2.05) is 4.57 Å². The van der Waals surface area contributed by atoms with Crippen LogP contribution in [-0.2, 0) is 36.1 Å². The number of anilines is 2. The van der Waals surface area contributed by atoms with Crippen molar-refractivity contribution in [2.75, 3.05) is 11.9 Å². The van der Waals surface area contributed by atoms with Gasteiger partial charge in [0.25, 0.3) is 0 Å². The number of para-hydroxylation sites is 1. The number of ether oxygens (including phenoxy) is 1. The van der Waals surface area contributed by atoms with E-state index in [0.29, 0.717) is 24.4 Å². The van der Waals surface area contributed by atoms with Crippen molar-refractivity contribution in [3.8, 4) is 0 Å². The summed E-state index contributed by atoms with van der Waals surface area (Å²) in [5.41, 5.74) is 5.39. The van der Waals surface area contributed by atoms with Gasteiger partial charge in [0, 0.05) is 24.3 Å². The van der Waals surface area contributed by atoms with Crippen molar-refractivity contribution in [2.24, 2.45) is 0 Å². The van der Waals surface area contributed by atoms with E-state index in [1.165, 1.54) is 11.1 Å². The van der Waals surface area contributed by atoms with Gasteiger partial charge in [-0.3, -0.25) is 0 Å². The molecular weight excluding hydrogens is 414 g/mol. The molecule has 33 heavy (non-hydrogen) atoms. The molecule has 6 heteroatoms. The number of carbonyl (C=O) groups is 1. The quantitative estimate of drug-likeness (QED) is 0.491. The lowest BCUT2D eigenvalue weighted by Gasteiger charge is -2.18. The van der Waals surface area contributed by atoms with E-state index in [9.17, 15) is 9.90 Å². The molecule has 0 saturated heterocycles. The summed E-state index contributed by atoms with van der Waals surface area (Å²) in [5.74, 6) is 0.342. The van der Waals surface area contributed by atoms with Crippen molar-refractivity contribution >= 4 is 17.3 Å². The lowest BCUT2D eigenvalue weighted by atomic mass is 10.0. The van der Waals surface area contributed by atoms with Crippen LogP contribution in [0, 0.1) is 0 Å². The van der Waals surface area contributed by atoms with Gasteiger partial charge in [-0.15, -0.1) is 0 Å². The first-order valence-electron chi connectivity index (χ1n) is 11.8. The standard InChI is InChI=1S/C27H33N3O3/c1-5-9-23-29-25(27(3,4)32)24(26(31)33-6-2)30(23)17-18-12-15-22-20(16-18)14-13-19-10-7-8-11-21(19)28-22/h7-8,10-12,15-16,28,32H,5-6,9,13-14,17H2,1-4H3. The smallest absolute Gasteiger partial charge is 0.357 e. The second-order valence-electron chi connectivity index (χ2n) is 9.11. The zero-order valence-corrected chi connectivity index (χ0v) is 19.9. The molecule has 2 heterocycles. The van der Waals surface area contributed by atoms with Gasteiger partial charge in [0.1, 0.15) is 17.1 Å². The monoisotopic (exact) mass is 447 g/mol. The molecule has 1 aliphatic rings. The molecule has 3 aromatic rings. The Labute approximate surface area is 195 Å². The predicted octanol–water partition coefficient (Wildman–Crippen LogP) is 5.13. The summed E-state index contributed by atoms with van der Waals surface area (Å²) >= 11 is 0. The van der Waals surface area contributed by atoms with E-state index in [4.69, 9.17) is 9.72 Å². The Kier molecular flexibility index (Phi) is 6.56. The van der Waals surface area contributed by atoms with Crippen LogP contribution in [0.2, 0.25) is 0 Å². The van der Waals surface area contributed by atoms with Gasteiger partial charge in [-0.25, -0.2) is 9.78 Å². The SMILES string of the molecule is CCCc1nc(C(C)(C)O)c(C(=O)OCC)n1Cc1ccc2c(c1)CCc1ccccc1N2. The number of carbonyl (C=O) groups excluding carboxylic acids is 1. The molecule has 1 aromatic heterocycles. The zero-order chi connectivity index (χ0) is 23.6. The van der Waals surface area contributed by atoms with Crippen LogP contribution >= 0.6 is 0 Å². The number of hydrogen-bond acceptors (Lipinski definition) is 5. The Balaban J connectivity index is 1.73. The lowest BCUT2D eigenvalue weighted by Crippen LogP contribution is -2.23. The highest BCUT2D eigenvalue weighted by molar-refractivity contribution is 5.89. The van der Waals surface area contributed by atoms with Crippen molar-refractivity contribution in [3.05, 3.63) is 76.4 Å². The first kappa shape index (κ1) is 23.1. The summed E-state index contributed by atoms with van der Waals surface area (Å²) in [4.78, 5) is 17.6. The first-order valence-corrected chi connectivity index (χ1v) is 11.8. The van der Waals surface area contributed by atoms with Crippen molar-refractivity contribution < 1.29 is 14.6 Å². The molecule has 0 aliphatic carbocycles. The third-order valence-electron chi connectivity index (χ3n) is 6.03. The van der Waals surface area contributed by atoms with Gasteiger partial charge in [-0.1, -0.05) is 37.3 Å². The van der Waals surface area contributed by atoms with Crippen LogP contribution in [0.4, 0.5) is 11.4 Å². The van der Waals surface area contributed by atoms with E-state index < -0.39 is 11.6 Å². The number of rotatable bonds is 7. The molecule has 0 radical (unpaired) electrons. The number of hydrogen-bond donors (Lipinski definition) is 2. The molecule has 0 atom stereocenters. The minimum absolute atomic E-state index is 0.267. The third kappa shape index (κ3) is 4.81. The van der Waals surface area contributed by atoms with Crippen LogP contribution < -0.4 is 5.32 Å². The van der Waals surface area contributed by atoms with E-state index >= 15 is 0 Å². The van der Waals surface area contributed by atoms with Gasteiger partial charge in [-0.2, -0.15) is 0 Å². The number of fused-ring (bicyclic) bond motifs is 2. The van der Waals surface area contributed by atoms with Crippen molar-refractivity contribution in [1.29, 1.82) is 0 Å². The zero-order valence-electron chi connectivity index (χ0n) is 19.9.